The molecule has 24 heavy (non-hydrogen) atoms. The number of aromatic nitrogens is 2. The molecule has 126 valence electrons. The molecule has 1 atom stereocenters. The molecule has 0 radical (unpaired) electrons. The van der Waals surface area contributed by atoms with Crippen LogP contribution in [-0.2, 0) is 17.8 Å². The molecule has 1 aromatic carbocycles. The average molecular weight is 328 g/mol. The summed E-state index contributed by atoms with van der Waals surface area (Å²) in [6.07, 6.45) is 4.49. The zero-order valence-corrected chi connectivity index (χ0v) is 13.7. The van der Waals surface area contributed by atoms with Crippen LogP contribution in [0, 0.1) is 5.82 Å². The lowest BCUT2D eigenvalue weighted by Gasteiger charge is -2.24. The maximum absolute atomic E-state index is 13.7. The summed E-state index contributed by atoms with van der Waals surface area (Å²) < 4.78 is 13.7. The van der Waals surface area contributed by atoms with Gasteiger partial charge in [-0.2, -0.15) is 0 Å². The smallest absolute Gasteiger partial charge is 0.227 e. The maximum Gasteiger partial charge on any atom is 0.227 e. The number of halogens is 1. The van der Waals surface area contributed by atoms with Crippen LogP contribution in [0.4, 0.5) is 4.39 Å². The summed E-state index contributed by atoms with van der Waals surface area (Å²) in [5, 5.41) is 0. The molecular weight excluding hydrogens is 307 g/mol. The summed E-state index contributed by atoms with van der Waals surface area (Å²) in [6, 6.07) is 8.52. The highest BCUT2D eigenvalue weighted by atomic mass is 19.1. The number of hydrogen-bond donors (Lipinski definition) is 0. The van der Waals surface area contributed by atoms with Gasteiger partial charge in [0.15, 0.2) is 0 Å². The van der Waals surface area contributed by atoms with Crippen LogP contribution in [0.25, 0.3) is 0 Å². The fourth-order valence-electron chi connectivity index (χ4n) is 3.01. The molecule has 5 nitrogen and oxygen atoms in total. The summed E-state index contributed by atoms with van der Waals surface area (Å²) in [4.78, 5) is 24.9. The van der Waals surface area contributed by atoms with Crippen molar-refractivity contribution in [2.75, 3.05) is 20.1 Å². The molecule has 2 aromatic rings. The van der Waals surface area contributed by atoms with E-state index in [9.17, 15) is 9.18 Å². The Balaban J connectivity index is 1.55. The third-order valence-electron chi connectivity index (χ3n) is 4.45. The van der Waals surface area contributed by atoms with E-state index < -0.39 is 0 Å². The topological polar surface area (TPSA) is 49.3 Å². The Labute approximate surface area is 141 Å². The molecule has 1 aliphatic rings. The first-order valence-electron chi connectivity index (χ1n) is 8.11. The molecule has 2 heterocycles. The fraction of sp³-hybridized carbons (Fsp3) is 0.389. The molecule has 0 bridgehead atoms. The first-order chi connectivity index (χ1) is 11.6. The van der Waals surface area contributed by atoms with Crippen molar-refractivity contribution >= 4 is 5.91 Å². The molecule has 1 aliphatic heterocycles. The Hall–Kier alpha value is -2.34. The van der Waals surface area contributed by atoms with E-state index in [-0.39, 0.29) is 24.2 Å². The van der Waals surface area contributed by atoms with Gasteiger partial charge in [-0.3, -0.25) is 9.69 Å². The van der Waals surface area contributed by atoms with Crippen molar-refractivity contribution in [2.45, 2.75) is 25.4 Å². The number of rotatable bonds is 5. The second-order valence-electron chi connectivity index (χ2n) is 6.13. The number of likely N-dealkylation sites (N-methyl/N-ethyl adjacent to an activating group) is 1. The largest absolute Gasteiger partial charge is 0.341 e. The Morgan fingerprint density at radius 1 is 1.29 bits per heavy atom. The van der Waals surface area contributed by atoms with Gasteiger partial charge < -0.3 is 4.90 Å². The summed E-state index contributed by atoms with van der Waals surface area (Å²) in [7, 11) is 2.02. The van der Waals surface area contributed by atoms with Crippen LogP contribution in [0.15, 0.2) is 42.7 Å². The minimum atomic E-state index is -0.319. The predicted molar refractivity (Wildman–Crippen MR) is 88.6 cm³/mol. The Kier molecular flexibility index (Phi) is 5.15. The lowest BCUT2D eigenvalue weighted by Crippen LogP contribution is -2.37. The highest BCUT2D eigenvalue weighted by Gasteiger charge is 2.29. The highest BCUT2D eigenvalue weighted by Crippen LogP contribution is 2.18. The van der Waals surface area contributed by atoms with Crippen molar-refractivity contribution < 1.29 is 9.18 Å². The van der Waals surface area contributed by atoms with Gasteiger partial charge >= 0.3 is 0 Å². The highest BCUT2D eigenvalue weighted by molar-refractivity contribution is 5.79. The molecule has 3 rings (SSSR count). The lowest BCUT2D eigenvalue weighted by molar-refractivity contribution is -0.129. The van der Waals surface area contributed by atoms with Crippen LogP contribution >= 0.6 is 0 Å². The second kappa shape index (κ2) is 7.49. The van der Waals surface area contributed by atoms with Gasteiger partial charge in [0.1, 0.15) is 11.6 Å². The summed E-state index contributed by atoms with van der Waals surface area (Å²) in [6.45, 7) is 2.02. The van der Waals surface area contributed by atoms with Crippen molar-refractivity contribution in [1.29, 1.82) is 0 Å². The Morgan fingerprint density at radius 2 is 2.04 bits per heavy atom. The fourth-order valence-corrected chi connectivity index (χ4v) is 3.01. The Bertz CT molecular complexity index is 694. The van der Waals surface area contributed by atoms with Crippen molar-refractivity contribution in [1.82, 2.24) is 19.8 Å². The van der Waals surface area contributed by atoms with Gasteiger partial charge in [-0.05, 0) is 31.2 Å². The summed E-state index contributed by atoms with van der Waals surface area (Å²) in [5.41, 5.74) is 0.456. The van der Waals surface area contributed by atoms with Crippen molar-refractivity contribution in [3.05, 3.63) is 59.9 Å². The first kappa shape index (κ1) is 16.5. The zero-order valence-electron chi connectivity index (χ0n) is 13.7. The molecule has 0 saturated carbocycles. The SMILES string of the molecule is CN(Cc1ncccn1)[C@H]1CCN(C(=O)Cc2ccccc2F)C1. The van der Waals surface area contributed by atoms with Gasteiger partial charge in [-0.15, -0.1) is 0 Å². The molecule has 0 aliphatic carbocycles. The summed E-state index contributed by atoms with van der Waals surface area (Å²) >= 11 is 0. The minimum Gasteiger partial charge on any atom is -0.341 e. The number of carbonyl (C=O) groups is 1. The molecule has 1 fully saturated rings. The molecule has 1 saturated heterocycles. The second-order valence-corrected chi connectivity index (χ2v) is 6.13. The third kappa shape index (κ3) is 3.94. The van der Waals surface area contributed by atoms with E-state index in [4.69, 9.17) is 0 Å². The van der Waals surface area contributed by atoms with Crippen molar-refractivity contribution in [3.63, 3.8) is 0 Å². The van der Waals surface area contributed by atoms with Crippen LogP contribution in [-0.4, -0.2) is 51.9 Å². The van der Waals surface area contributed by atoms with Gasteiger partial charge in [0, 0.05) is 31.5 Å². The van der Waals surface area contributed by atoms with Crippen LogP contribution in [0.3, 0.4) is 0 Å². The molecule has 0 N–H and O–H groups in total. The van der Waals surface area contributed by atoms with Crippen molar-refractivity contribution in [2.24, 2.45) is 0 Å². The lowest BCUT2D eigenvalue weighted by atomic mass is 10.1. The normalized spacial score (nSPS) is 17.5. The number of hydrogen-bond acceptors (Lipinski definition) is 4. The summed E-state index contributed by atoms with van der Waals surface area (Å²) in [5.74, 6) is 0.433. The van der Waals surface area contributed by atoms with E-state index in [1.807, 2.05) is 11.9 Å². The maximum atomic E-state index is 13.7. The standard InChI is InChI=1S/C18H21FN4O/c1-22(13-17-20-8-4-9-21-17)15-7-10-23(12-15)18(24)11-14-5-2-3-6-16(14)19/h2-6,8-9,15H,7,10-13H2,1H3/t15-/m0/s1. The molecule has 1 aromatic heterocycles. The van der Waals surface area contributed by atoms with Crippen LogP contribution in [0.5, 0.6) is 0 Å². The van der Waals surface area contributed by atoms with Gasteiger partial charge in [0.25, 0.3) is 0 Å². The number of likely N-dealkylation sites (tertiary alicyclic amines) is 1. The molecule has 6 heteroatoms. The zero-order chi connectivity index (χ0) is 16.9. The van der Waals surface area contributed by atoms with Crippen LogP contribution < -0.4 is 0 Å². The first-order valence-corrected chi connectivity index (χ1v) is 8.11. The quantitative estimate of drug-likeness (QED) is 0.841. The molecule has 1 amide bonds. The Morgan fingerprint density at radius 3 is 2.79 bits per heavy atom. The third-order valence-corrected chi connectivity index (χ3v) is 4.45. The van der Waals surface area contributed by atoms with E-state index in [2.05, 4.69) is 14.9 Å². The van der Waals surface area contributed by atoms with Crippen molar-refractivity contribution in [3.8, 4) is 0 Å². The number of benzene rings is 1. The molecule has 0 spiro atoms. The minimum absolute atomic E-state index is 0.0213. The number of amides is 1. The van der Waals surface area contributed by atoms with Gasteiger partial charge in [0.2, 0.25) is 5.91 Å². The van der Waals surface area contributed by atoms with E-state index in [1.165, 1.54) is 6.07 Å². The van der Waals surface area contributed by atoms with Gasteiger partial charge in [0.05, 0.1) is 13.0 Å². The molecular formula is C18H21FN4O. The predicted octanol–water partition coefficient (Wildman–Crippen LogP) is 1.89. The van der Waals surface area contributed by atoms with Gasteiger partial charge in [-0.25, -0.2) is 14.4 Å². The van der Waals surface area contributed by atoms with E-state index in [0.29, 0.717) is 25.2 Å². The monoisotopic (exact) mass is 328 g/mol. The van der Waals surface area contributed by atoms with Crippen LogP contribution in [0.1, 0.15) is 17.8 Å². The average Bonchev–Trinajstić information content (AvgIpc) is 3.08. The van der Waals surface area contributed by atoms with E-state index in [1.54, 1.807) is 36.7 Å². The molecule has 0 unspecified atom stereocenters. The number of nitrogens with zero attached hydrogens (tertiary/aromatic N) is 4. The number of carbonyl (C=O) groups excluding carboxylic acids is 1. The van der Waals surface area contributed by atoms with E-state index >= 15 is 0 Å². The van der Waals surface area contributed by atoms with E-state index in [0.717, 1.165) is 12.2 Å². The van der Waals surface area contributed by atoms with Gasteiger partial charge in [-0.1, -0.05) is 18.2 Å². The van der Waals surface area contributed by atoms with Crippen LogP contribution in [0.2, 0.25) is 0 Å².